The number of ether oxygens (including phenoxy) is 2. The van der Waals surface area contributed by atoms with Crippen molar-refractivity contribution in [2.45, 2.75) is 22.6 Å². The number of imide groups is 1. The fourth-order valence-corrected chi connectivity index (χ4v) is 11.5. The zero-order chi connectivity index (χ0) is 33.4. The van der Waals surface area contributed by atoms with Crippen LogP contribution < -0.4 is 24.6 Å². The van der Waals surface area contributed by atoms with E-state index in [-0.39, 0.29) is 52.2 Å². The number of nitrogens with one attached hydrogen (secondary N) is 2. The molecule has 1 saturated heterocycles. The van der Waals surface area contributed by atoms with Gasteiger partial charge in [-0.2, -0.15) is 0 Å². The van der Waals surface area contributed by atoms with Gasteiger partial charge in [0.05, 0.1) is 39.7 Å². The highest BCUT2D eigenvalue weighted by Crippen LogP contribution is 2.69. The quantitative estimate of drug-likeness (QED) is 0.194. The number of anilines is 2. The molecule has 0 spiro atoms. The molecule has 2 aliphatic carbocycles. The summed E-state index contributed by atoms with van der Waals surface area (Å²) in [6.07, 6.45) is 0.726. The van der Waals surface area contributed by atoms with Gasteiger partial charge >= 0.3 is 4.87 Å². The normalized spacial score (nSPS) is 26.7. The maximum atomic E-state index is 14.1. The molecule has 3 aromatic carbocycles. The van der Waals surface area contributed by atoms with Crippen LogP contribution in [0.4, 0.5) is 11.4 Å². The second-order valence-electron chi connectivity index (χ2n) is 12.3. The molecule has 4 aliphatic rings. The first-order valence-electron chi connectivity index (χ1n) is 15.2. The predicted octanol–water partition coefficient (Wildman–Crippen LogP) is 7.10. The highest BCUT2D eigenvalue weighted by Gasteiger charge is 2.69. The number of methoxy groups -OCH3 is 1. The Kier molecular flexibility index (Phi) is 8.03. The van der Waals surface area contributed by atoms with Crippen molar-refractivity contribution in [3.63, 3.8) is 0 Å². The summed E-state index contributed by atoms with van der Waals surface area (Å²) < 4.78 is 11.4. The predicted molar refractivity (Wildman–Crippen MR) is 186 cm³/mol. The lowest BCUT2D eigenvalue weighted by Gasteiger charge is -2.43. The Balaban J connectivity index is 1.12. The Hall–Kier alpha value is -3.48. The average molecular weight is 743 g/mol. The van der Waals surface area contributed by atoms with Gasteiger partial charge in [0.25, 0.3) is 5.91 Å². The van der Waals surface area contributed by atoms with Gasteiger partial charge in [0.15, 0.2) is 6.61 Å². The monoisotopic (exact) mass is 741 g/mol. The molecule has 48 heavy (non-hydrogen) atoms. The molecule has 9 nitrogen and oxygen atoms in total. The molecular formula is C34H26Cl3N3O6S2. The van der Waals surface area contributed by atoms with E-state index in [1.807, 2.05) is 6.07 Å². The van der Waals surface area contributed by atoms with Crippen molar-refractivity contribution >= 4 is 87.0 Å². The van der Waals surface area contributed by atoms with E-state index in [1.54, 1.807) is 73.5 Å². The molecule has 2 N–H and O–H groups in total. The second kappa shape index (κ2) is 12.1. The molecule has 2 saturated carbocycles. The van der Waals surface area contributed by atoms with Crippen LogP contribution in [0.3, 0.4) is 0 Å². The van der Waals surface area contributed by atoms with Crippen LogP contribution >= 0.6 is 57.9 Å². The van der Waals surface area contributed by atoms with Gasteiger partial charge in [-0.1, -0.05) is 46.1 Å². The van der Waals surface area contributed by atoms with Crippen LogP contribution in [0.15, 0.2) is 70.5 Å². The van der Waals surface area contributed by atoms with E-state index in [4.69, 9.17) is 44.3 Å². The van der Waals surface area contributed by atoms with Crippen molar-refractivity contribution in [3.05, 3.63) is 95.8 Å². The summed E-state index contributed by atoms with van der Waals surface area (Å²) in [7, 11) is 1.56. The maximum absolute atomic E-state index is 14.1. The minimum atomic E-state index is -0.480. The first kappa shape index (κ1) is 31.8. The van der Waals surface area contributed by atoms with Gasteiger partial charge in [0, 0.05) is 32.3 Å². The topological polar surface area (TPSA) is 118 Å². The van der Waals surface area contributed by atoms with Crippen LogP contribution in [0, 0.1) is 29.6 Å². The van der Waals surface area contributed by atoms with Crippen molar-refractivity contribution < 1.29 is 23.9 Å². The van der Waals surface area contributed by atoms with Crippen LogP contribution in [-0.2, 0) is 14.4 Å². The number of halogens is 3. The highest BCUT2D eigenvalue weighted by molar-refractivity contribution is 8.00. The van der Waals surface area contributed by atoms with Crippen molar-refractivity contribution in [2.24, 2.45) is 29.6 Å². The lowest BCUT2D eigenvalue weighted by atomic mass is 9.68. The number of H-pyrrole nitrogens is 1. The molecular weight excluding hydrogens is 717 g/mol. The number of carbonyl (C=O) groups is 3. The molecule has 3 amide bonds. The molecule has 7 atom stereocenters. The largest absolute Gasteiger partial charge is 0.497 e. The molecule has 8 rings (SSSR count). The first-order valence-corrected chi connectivity index (χ1v) is 18.0. The van der Waals surface area contributed by atoms with E-state index in [0.717, 1.165) is 33.2 Å². The summed E-state index contributed by atoms with van der Waals surface area (Å²) in [6.45, 7) is -0.304. The average Bonchev–Trinajstić information content (AvgIpc) is 3.81. The van der Waals surface area contributed by atoms with E-state index in [9.17, 15) is 19.2 Å². The number of fused-ring (bicyclic) bond motifs is 9. The molecule has 2 bridgehead atoms. The summed E-state index contributed by atoms with van der Waals surface area (Å²) in [5.74, 6) is -1.23. The Morgan fingerprint density at radius 2 is 1.71 bits per heavy atom. The fraction of sp³-hybridized carbons (Fsp3) is 0.294. The molecule has 4 aromatic rings. The molecule has 3 fully saturated rings. The SMILES string of the molecule is COc1ccc(N2C(=O)[C@H]3[C@H]4C[C@@H]([C@@H]3C2=O)[C@@H]2[C@H](c3cc(Cl)ccc3OCC(=O)Nc3ccc(Cl)c(Cl)c3)c3sc(=O)[nH]c3S[C@H]42)cc1. The standard InChI is InChI=1S/C34H26Cl3N3O6S2/c1-45-17-6-4-16(5-7-17)40-32(42)27-19-12-20(28(27)33(40)43)29-26(19)25(30-31(47-29)39-34(44)48-30)18-10-14(35)2-9-23(18)46-13-24(41)38-15-3-8-21(36)22(37)11-15/h2-11,19-20,25-29H,12-13H2,1H3,(H,38,41)(H,39,44)/t19-,20-,25+,26-,27+,28+,29-/m1/s1. The zero-order valence-electron chi connectivity index (χ0n) is 25.1. The molecule has 0 unspecified atom stereocenters. The van der Waals surface area contributed by atoms with Gasteiger partial charge in [-0.3, -0.25) is 24.1 Å². The number of rotatable bonds is 7. The molecule has 0 radical (unpaired) electrons. The number of benzene rings is 3. The van der Waals surface area contributed by atoms with Crippen molar-refractivity contribution in [3.8, 4) is 11.5 Å². The smallest absolute Gasteiger partial charge is 0.305 e. The molecule has 246 valence electrons. The van der Waals surface area contributed by atoms with E-state index >= 15 is 0 Å². The number of thioether (sulfide) groups is 1. The van der Waals surface area contributed by atoms with E-state index in [1.165, 1.54) is 4.90 Å². The Morgan fingerprint density at radius 1 is 0.958 bits per heavy atom. The molecule has 1 aromatic heterocycles. The Labute approximate surface area is 297 Å². The summed E-state index contributed by atoms with van der Waals surface area (Å²) >= 11 is 21.4. The number of hydrogen-bond acceptors (Lipinski definition) is 8. The van der Waals surface area contributed by atoms with Gasteiger partial charge in [-0.25, -0.2) is 0 Å². The minimum absolute atomic E-state index is 0.0312. The summed E-state index contributed by atoms with van der Waals surface area (Å²) in [6, 6.07) is 17.0. The third-order valence-corrected chi connectivity index (χ3v) is 13.5. The minimum Gasteiger partial charge on any atom is -0.497 e. The van der Waals surface area contributed by atoms with Crippen molar-refractivity contribution in [1.29, 1.82) is 0 Å². The van der Waals surface area contributed by atoms with E-state index in [2.05, 4.69) is 10.3 Å². The van der Waals surface area contributed by atoms with Crippen LogP contribution in [0.25, 0.3) is 0 Å². The van der Waals surface area contributed by atoms with Gasteiger partial charge in [0.1, 0.15) is 11.5 Å². The van der Waals surface area contributed by atoms with Crippen LogP contribution in [-0.4, -0.2) is 41.7 Å². The summed E-state index contributed by atoms with van der Waals surface area (Å²) in [4.78, 5) is 58.7. The maximum Gasteiger partial charge on any atom is 0.305 e. The van der Waals surface area contributed by atoms with Crippen LogP contribution in [0.1, 0.15) is 22.8 Å². The second-order valence-corrected chi connectivity index (χ2v) is 15.8. The number of carbonyl (C=O) groups excluding carboxylic acids is 3. The number of amides is 3. The Bertz CT molecular complexity index is 2050. The first-order chi connectivity index (χ1) is 23.1. The summed E-state index contributed by atoms with van der Waals surface area (Å²) in [5.41, 5.74) is 1.73. The third kappa shape index (κ3) is 5.13. The van der Waals surface area contributed by atoms with Gasteiger partial charge < -0.3 is 19.8 Å². The van der Waals surface area contributed by atoms with Gasteiger partial charge in [-0.05, 0) is 84.8 Å². The molecule has 3 heterocycles. The highest BCUT2D eigenvalue weighted by atomic mass is 35.5. The summed E-state index contributed by atoms with van der Waals surface area (Å²) in [5, 5.41) is 4.64. The number of thiazole rings is 1. The van der Waals surface area contributed by atoms with Gasteiger partial charge in [-0.15, -0.1) is 11.8 Å². The third-order valence-electron chi connectivity index (χ3n) is 9.92. The number of aromatic nitrogens is 1. The van der Waals surface area contributed by atoms with E-state index in [0.29, 0.717) is 37.9 Å². The van der Waals surface area contributed by atoms with E-state index < -0.39 is 17.7 Å². The number of aromatic amines is 1. The fourth-order valence-electron chi connectivity index (χ4n) is 8.16. The van der Waals surface area contributed by atoms with Crippen LogP contribution in [0.5, 0.6) is 11.5 Å². The number of hydrogen-bond donors (Lipinski definition) is 2. The van der Waals surface area contributed by atoms with Crippen molar-refractivity contribution in [1.82, 2.24) is 4.98 Å². The molecule has 14 heteroatoms. The molecule has 2 aliphatic heterocycles. The lowest BCUT2D eigenvalue weighted by Crippen LogP contribution is -2.42. The van der Waals surface area contributed by atoms with Crippen LogP contribution in [0.2, 0.25) is 15.1 Å². The Morgan fingerprint density at radius 3 is 2.44 bits per heavy atom. The van der Waals surface area contributed by atoms with Crippen molar-refractivity contribution in [2.75, 3.05) is 23.9 Å². The zero-order valence-corrected chi connectivity index (χ0v) is 29.0. The van der Waals surface area contributed by atoms with Gasteiger partial charge in [0.2, 0.25) is 11.8 Å². The lowest BCUT2D eigenvalue weighted by molar-refractivity contribution is -0.123. The number of nitrogens with zero attached hydrogens (tertiary/aromatic N) is 1.